The number of alkyl halides is 3. The Hall–Kier alpha value is -1.00. The number of halogens is 3. The summed E-state index contributed by atoms with van der Waals surface area (Å²) in [7, 11) is 1.39. The maximum absolute atomic E-state index is 11.7. The van der Waals surface area contributed by atoms with Crippen molar-refractivity contribution in [2.24, 2.45) is 4.99 Å². The molecular formula is C6H9F3N2. The van der Waals surface area contributed by atoms with Crippen molar-refractivity contribution in [2.45, 2.75) is 13.1 Å². The summed E-state index contributed by atoms with van der Waals surface area (Å²) in [6.45, 7) is 4.22. The van der Waals surface area contributed by atoms with E-state index in [4.69, 9.17) is 0 Å². The Morgan fingerprint density at radius 3 is 2.18 bits per heavy atom. The van der Waals surface area contributed by atoms with Crippen molar-refractivity contribution in [3.05, 3.63) is 12.3 Å². The zero-order valence-electron chi connectivity index (χ0n) is 6.29. The van der Waals surface area contributed by atoms with Gasteiger partial charge in [-0.15, -0.1) is 0 Å². The Morgan fingerprint density at radius 1 is 1.45 bits per heavy atom. The Bertz CT molecular complexity index is 181. The molecule has 2 nitrogen and oxygen atoms in total. The van der Waals surface area contributed by atoms with Crippen LogP contribution in [0.15, 0.2) is 17.3 Å². The van der Waals surface area contributed by atoms with Crippen LogP contribution in [0.5, 0.6) is 0 Å². The molecule has 0 heterocycles. The summed E-state index contributed by atoms with van der Waals surface area (Å²) < 4.78 is 35.2. The van der Waals surface area contributed by atoms with Gasteiger partial charge in [0.05, 0.1) is 5.84 Å². The number of amidine groups is 1. The van der Waals surface area contributed by atoms with Gasteiger partial charge >= 0.3 is 6.18 Å². The molecule has 0 aromatic carbocycles. The normalized spacial score (nSPS) is 13.0. The lowest BCUT2D eigenvalue weighted by atomic mass is 10.4. The number of rotatable bonds is 1. The van der Waals surface area contributed by atoms with Gasteiger partial charge in [0.2, 0.25) is 0 Å². The van der Waals surface area contributed by atoms with Crippen molar-refractivity contribution < 1.29 is 13.2 Å². The molecule has 1 N–H and O–H groups in total. The van der Waals surface area contributed by atoms with Gasteiger partial charge in [0.25, 0.3) is 0 Å². The third kappa shape index (κ3) is 3.64. The Labute approximate surface area is 62.8 Å². The van der Waals surface area contributed by atoms with Crippen molar-refractivity contribution >= 4 is 5.84 Å². The molecule has 0 radical (unpaired) electrons. The van der Waals surface area contributed by atoms with E-state index in [1.54, 1.807) is 0 Å². The van der Waals surface area contributed by atoms with E-state index in [1.165, 1.54) is 14.0 Å². The molecule has 0 aromatic heterocycles. The van der Waals surface area contributed by atoms with E-state index in [0.29, 0.717) is 0 Å². The lowest BCUT2D eigenvalue weighted by Crippen LogP contribution is -2.28. The topological polar surface area (TPSA) is 24.4 Å². The maximum Gasteiger partial charge on any atom is 0.430 e. The summed E-state index contributed by atoms with van der Waals surface area (Å²) in [6.07, 6.45) is -4.40. The molecule has 0 aromatic rings. The van der Waals surface area contributed by atoms with Crippen molar-refractivity contribution in [1.82, 2.24) is 5.32 Å². The minimum absolute atomic E-state index is 0.187. The first kappa shape index (κ1) is 10.0. The van der Waals surface area contributed by atoms with Crippen molar-refractivity contribution in [3.63, 3.8) is 0 Å². The highest BCUT2D eigenvalue weighted by Crippen LogP contribution is 2.21. The molecule has 64 valence electrons. The van der Waals surface area contributed by atoms with Crippen LogP contribution in [0.3, 0.4) is 0 Å². The molecule has 0 bridgehead atoms. The van der Waals surface area contributed by atoms with Crippen LogP contribution < -0.4 is 5.32 Å². The lowest BCUT2D eigenvalue weighted by molar-refractivity contribution is -0.0944. The monoisotopic (exact) mass is 166 g/mol. The SMILES string of the molecule is C=C(N/C(C)=N\C)C(F)(F)F. The summed E-state index contributed by atoms with van der Waals surface area (Å²) in [5, 5.41) is 2.00. The first-order valence-corrected chi connectivity index (χ1v) is 2.84. The molecule has 0 saturated carbocycles. The van der Waals surface area contributed by atoms with Crippen LogP contribution in [0.4, 0.5) is 13.2 Å². The summed E-state index contributed by atoms with van der Waals surface area (Å²) in [5.41, 5.74) is -0.999. The maximum atomic E-state index is 11.7. The second kappa shape index (κ2) is 3.41. The number of hydrogen-bond acceptors (Lipinski definition) is 1. The van der Waals surface area contributed by atoms with Crippen molar-refractivity contribution in [1.29, 1.82) is 0 Å². The average Bonchev–Trinajstić information content (AvgIpc) is 1.85. The molecule has 0 saturated heterocycles. The predicted octanol–water partition coefficient (Wildman–Crippen LogP) is 1.70. The van der Waals surface area contributed by atoms with Crippen LogP contribution in [0.25, 0.3) is 0 Å². The quantitative estimate of drug-likeness (QED) is 0.465. The predicted molar refractivity (Wildman–Crippen MR) is 37.4 cm³/mol. The molecule has 0 aliphatic rings. The van der Waals surface area contributed by atoms with E-state index in [0.717, 1.165) is 0 Å². The molecule has 0 rings (SSSR count). The van der Waals surface area contributed by atoms with Gasteiger partial charge < -0.3 is 5.32 Å². The number of hydrogen-bond donors (Lipinski definition) is 1. The second-order valence-corrected chi connectivity index (χ2v) is 1.91. The molecule has 0 fully saturated rings. The zero-order chi connectivity index (χ0) is 9.07. The summed E-state index contributed by atoms with van der Waals surface area (Å²) in [5.74, 6) is 0.187. The second-order valence-electron chi connectivity index (χ2n) is 1.91. The average molecular weight is 166 g/mol. The first-order valence-electron chi connectivity index (χ1n) is 2.84. The van der Waals surface area contributed by atoms with Gasteiger partial charge in [-0.25, -0.2) is 0 Å². The van der Waals surface area contributed by atoms with E-state index < -0.39 is 11.9 Å². The number of allylic oxidation sites excluding steroid dienone is 1. The van der Waals surface area contributed by atoms with Gasteiger partial charge in [0, 0.05) is 7.05 Å². The standard InChI is InChI=1S/C6H9F3N2/c1-4(6(7,8)9)11-5(2)10-3/h1H2,2-3H3,(H,10,11). The minimum Gasteiger partial charge on any atom is -0.341 e. The molecule has 0 atom stereocenters. The fourth-order valence-electron chi connectivity index (χ4n) is 0.345. The number of nitrogens with one attached hydrogen (secondary N) is 1. The van der Waals surface area contributed by atoms with Gasteiger partial charge in [-0.05, 0) is 6.92 Å². The highest BCUT2D eigenvalue weighted by atomic mass is 19.4. The van der Waals surface area contributed by atoms with Gasteiger partial charge in [0.15, 0.2) is 0 Å². The summed E-state index contributed by atoms with van der Waals surface area (Å²) in [6, 6.07) is 0. The third-order valence-corrected chi connectivity index (χ3v) is 1.01. The minimum atomic E-state index is -4.40. The lowest BCUT2D eigenvalue weighted by Gasteiger charge is -2.11. The molecule has 0 spiro atoms. The molecule has 0 aliphatic carbocycles. The van der Waals surface area contributed by atoms with Crippen LogP contribution in [0, 0.1) is 0 Å². The van der Waals surface area contributed by atoms with Crippen molar-refractivity contribution in [3.8, 4) is 0 Å². The Morgan fingerprint density at radius 2 is 1.91 bits per heavy atom. The van der Waals surface area contributed by atoms with Gasteiger partial charge in [-0.2, -0.15) is 13.2 Å². The van der Waals surface area contributed by atoms with Crippen LogP contribution in [-0.2, 0) is 0 Å². The highest BCUT2D eigenvalue weighted by molar-refractivity contribution is 5.81. The van der Waals surface area contributed by atoms with Crippen LogP contribution >= 0.6 is 0 Å². The number of aliphatic imine (C=N–C) groups is 1. The zero-order valence-corrected chi connectivity index (χ0v) is 6.29. The van der Waals surface area contributed by atoms with Crippen LogP contribution in [0.1, 0.15) is 6.92 Å². The number of nitrogens with zero attached hydrogens (tertiary/aromatic N) is 1. The van der Waals surface area contributed by atoms with E-state index in [9.17, 15) is 13.2 Å². The van der Waals surface area contributed by atoms with Gasteiger partial charge in [0.1, 0.15) is 5.70 Å². The third-order valence-electron chi connectivity index (χ3n) is 1.01. The largest absolute Gasteiger partial charge is 0.430 e. The van der Waals surface area contributed by atoms with Crippen LogP contribution in [-0.4, -0.2) is 19.1 Å². The fraction of sp³-hybridized carbons (Fsp3) is 0.500. The molecule has 0 amide bonds. The first-order chi connectivity index (χ1) is 4.88. The summed E-state index contributed by atoms with van der Waals surface area (Å²) in [4.78, 5) is 3.49. The molecular weight excluding hydrogens is 157 g/mol. The van der Waals surface area contributed by atoms with Crippen molar-refractivity contribution in [2.75, 3.05) is 7.05 Å². The molecule has 0 aliphatic heterocycles. The smallest absolute Gasteiger partial charge is 0.341 e. The molecule has 0 unspecified atom stereocenters. The fourth-order valence-corrected chi connectivity index (χ4v) is 0.345. The van der Waals surface area contributed by atoms with Gasteiger partial charge in [-0.3, -0.25) is 4.99 Å². The van der Waals surface area contributed by atoms with E-state index in [-0.39, 0.29) is 5.84 Å². The Kier molecular flexibility index (Phi) is 3.10. The van der Waals surface area contributed by atoms with E-state index in [2.05, 4.69) is 11.6 Å². The Balaban J connectivity index is 4.10. The molecule has 5 heteroatoms. The van der Waals surface area contributed by atoms with E-state index in [1.807, 2.05) is 5.32 Å². The highest BCUT2D eigenvalue weighted by Gasteiger charge is 2.32. The summed E-state index contributed by atoms with van der Waals surface area (Å²) >= 11 is 0. The van der Waals surface area contributed by atoms with Crippen LogP contribution in [0.2, 0.25) is 0 Å². The van der Waals surface area contributed by atoms with Gasteiger partial charge in [-0.1, -0.05) is 6.58 Å². The molecule has 11 heavy (non-hydrogen) atoms. The van der Waals surface area contributed by atoms with E-state index >= 15 is 0 Å².